The van der Waals surface area contributed by atoms with E-state index in [0.717, 1.165) is 31.7 Å². The molecule has 22 heavy (non-hydrogen) atoms. The van der Waals surface area contributed by atoms with E-state index >= 15 is 0 Å². The fraction of sp³-hybridized carbons (Fsp3) is 0.389. The van der Waals surface area contributed by atoms with Gasteiger partial charge in [0.15, 0.2) is 5.76 Å². The van der Waals surface area contributed by atoms with Crippen molar-refractivity contribution in [2.45, 2.75) is 19.8 Å². The third-order valence-electron chi connectivity index (χ3n) is 4.04. The Morgan fingerprint density at radius 3 is 2.86 bits per heavy atom. The monoisotopic (exact) mass is 299 g/mol. The lowest BCUT2D eigenvalue weighted by Gasteiger charge is -2.32. The van der Waals surface area contributed by atoms with E-state index in [1.807, 2.05) is 29.2 Å². The van der Waals surface area contributed by atoms with Crippen molar-refractivity contribution in [1.82, 2.24) is 4.90 Å². The minimum absolute atomic E-state index is 0.0231. The summed E-state index contributed by atoms with van der Waals surface area (Å²) in [5, 5.41) is 0. The standard InChI is InChI=1S/C18H21NO3/c1-14-6-8-16(9-7-14)22-13-15-4-2-10-19(12-15)18(20)17-5-3-11-21-17/h3,5-9,11,15H,2,4,10,12-13H2,1H3. The smallest absolute Gasteiger partial charge is 0.289 e. The maximum atomic E-state index is 12.3. The van der Waals surface area contributed by atoms with Gasteiger partial charge in [-0.25, -0.2) is 0 Å². The van der Waals surface area contributed by atoms with Gasteiger partial charge in [-0.15, -0.1) is 0 Å². The van der Waals surface area contributed by atoms with E-state index in [9.17, 15) is 4.79 Å². The largest absolute Gasteiger partial charge is 0.493 e. The van der Waals surface area contributed by atoms with Gasteiger partial charge >= 0.3 is 0 Å². The van der Waals surface area contributed by atoms with Gasteiger partial charge in [-0.3, -0.25) is 4.79 Å². The number of amides is 1. The number of carbonyl (C=O) groups is 1. The van der Waals surface area contributed by atoms with Crippen LogP contribution in [0.2, 0.25) is 0 Å². The Kier molecular flexibility index (Phi) is 4.47. The third kappa shape index (κ3) is 3.50. The summed E-state index contributed by atoms with van der Waals surface area (Å²) in [6.45, 7) is 4.22. The van der Waals surface area contributed by atoms with E-state index in [1.54, 1.807) is 12.1 Å². The van der Waals surface area contributed by atoms with Gasteiger partial charge in [-0.1, -0.05) is 17.7 Å². The van der Waals surface area contributed by atoms with Crippen molar-refractivity contribution in [2.75, 3.05) is 19.7 Å². The van der Waals surface area contributed by atoms with Crippen LogP contribution in [0.5, 0.6) is 5.75 Å². The zero-order chi connectivity index (χ0) is 15.4. The number of aryl methyl sites for hydroxylation is 1. The third-order valence-corrected chi connectivity index (χ3v) is 4.04. The number of benzene rings is 1. The quantitative estimate of drug-likeness (QED) is 0.867. The van der Waals surface area contributed by atoms with Crippen LogP contribution >= 0.6 is 0 Å². The summed E-state index contributed by atoms with van der Waals surface area (Å²) in [6.07, 6.45) is 3.64. The fourth-order valence-electron chi connectivity index (χ4n) is 2.79. The molecule has 0 aliphatic carbocycles. The van der Waals surface area contributed by atoms with Crippen LogP contribution in [-0.2, 0) is 0 Å². The average molecular weight is 299 g/mol. The number of hydrogen-bond donors (Lipinski definition) is 0. The van der Waals surface area contributed by atoms with Crippen LogP contribution in [0.3, 0.4) is 0 Å². The van der Waals surface area contributed by atoms with Gasteiger partial charge in [0.2, 0.25) is 0 Å². The lowest BCUT2D eigenvalue weighted by atomic mass is 9.98. The SMILES string of the molecule is Cc1ccc(OCC2CCCN(C(=O)c3ccco3)C2)cc1. The van der Waals surface area contributed by atoms with Crippen LogP contribution in [0.25, 0.3) is 0 Å². The minimum atomic E-state index is -0.0231. The first kappa shape index (κ1) is 14.7. The Bertz CT molecular complexity index is 604. The van der Waals surface area contributed by atoms with Crippen LogP contribution in [0.4, 0.5) is 0 Å². The molecule has 0 saturated carbocycles. The molecule has 3 rings (SSSR count). The summed E-state index contributed by atoms with van der Waals surface area (Å²) in [4.78, 5) is 14.2. The van der Waals surface area contributed by atoms with Crippen molar-refractivity contribution >= 4 is 5.91 Å². The van der Waals surface area contributed by atoms with Crippen molar-refractivity contribution in [3.8, 4) is 5.75 Å². The molecule has 1 amide bonds. The molecule has 2 heterocycles. The van der Waals surface area contributed by atoms with E-state index in [1.165, 1.54) is 11.8 Å². The Morgan fingerprint density at radius 2 is 2.14 bits per heavy atom. The van der Waals surface area contributed by atoms with Crippen molar-refractivity contribution in [3.63, 3.8) is 0 Å². The number of piperidine rings is 1. The summed E-state index contributed by atoms with van der Waals surface area (Å²) in [5.41, 5.74) is 1.22. The molecule has 1 aliphatic rings. The molecule has 1 aromatic heterocycles. The number of nitrogens with zero attached hydrogens (tertiary/aromatic N) is 1. The number of carbonyl (C=O) groups excluding carboxylic acids is 1. The number of hydrogen-bond acceptors (Lipinski definition) is 3. The van der Waals surface area contributed by atoms with Crippen LogP contribution < -0.4 is 4.74 Å². The topological polar surface area (TPSA) is 42.7 Å². The highest BCUT2D eigenvalue weighted by Crippen LogP contribution is 2.21. The molecule has 116 valence electrons. The molecule has 1 aliphatic heterocycles. The Balaban J connectivity index is 1.54. The molecule has 1 fully saturated rings. The highest BCUT2D eigenvalue weighted by Gasteiger charge is 2.26. The second-order valence-corrected chi connectivity index (χ2v) is 5.86. The molecule has 0 bridgehead atoms. The van der Waals surface area contributed by atoms with Gasteiger partial charge in [0.05, 0.1) is 12.9 Å². The molecule has 4 heteroatoms. The Labute approximate surface area is 130 Å². The lowest BCUT2D eigenvalue weighted by Crippen LogP contribution is -2.41. The highest BCUT2D eigenvalue weighted by molar-refractivity contribution is 5.91. The van der Waals surface area contributed by atoms with E-state index in [-0.39, 0.29) is 5.91 Å². The van der Waals surface area contributed by atoms with E-state index < -0.39 is 0 Å². The molecule has 0 N–H and O–H groups in total. The van der Waals surface area contributed by atoms with E-state index in [0.29, 0.717) is 18.3 Å². The van der Waals surface area contributed by atoms with E-state index in [2.05, 4.69) is 6.92 Å². The minimum Gasteiger partial charge on any atom is -0.493 e. The normalized spacial score (nSPS) is 18.2. The molecule has 1 saturated heterocycles. The van der Waals surface area contributed by atoms with Crippen LogP contribution in [-0.4, -0.2) is 30.5 Å². The fourth-order valence-corrected chi connectivity index (χ4v) is 2.79. The second kappa shape index (κ2) is 6.69. The molecular weight excluding hydrogens is 278 g/mol. The van der Waals surface area contributed by atoms with E-state index in [4.69, 9.17) is 9.15 Å². The van der Waals surface area contributed by atoms with Gasteiger partial charge in [-0.2, -0.15) is 0 Å². The zero-order valence-electron chi connectivity index (χ0n) is 12.8. The Morgan fingerprint density at radius 1 is 1.32 bits per heavy atom. The van der Waals surface area contributed by atoms with Gasteiger partial charge < -0.3 is 14.1 Å². The maximum absolute atomic E-state index is 12.3. The molecule has 0 radical (unpaired) electrons. The first-order valence-electron chi connectivity index (χ1n) is 7.74. The summed E-state index contributed by atoms with van der Waals surface area (Å²) in [6, 6.07) is 11.5. The van der Waals surface area contributed by atoms with Crippen molar-refractivity contribution in [2.24, 2.45) is 5.92 Å². The lowest BCUT2D eigenvalue weighted by molar-refractivity contribution is 0.0602. The first-order valence-corrected chi connectivity index (χ1v) is 7.74. The summed E-state index contributed by atoms with van der Waals surface area (Å²) in [5.74, 6) is 1.65. The predicted octanol–water partition coefficient (Wildman–Crippen LogP) is 3.52. The molecule has 4 nitrogen and oxygen atoms in total. The Hall–Kier alpha value is -2.23. The van der Waals surface area contributed by atoms with Crippen molar-refractivity contribution in [3.05, 3.63) is 54.0 Å². The first-order chi connectivity index (χ1) is 10.7. The van der Waals surface area contributed by atoms with Crippen LogP contribution in [0.15, 0.2) is 47.1 Å². The summed E-state index contributed by atoms with van der Waals surface area (Å²) < 4.78 is 11.1. The number of rotatable bonds is 4. The molecule has 1 atom stereocenters. The molecule has 1 unspecified atom stereocenters. The van der Waals surface area contributed by atoms with Crippen molar-refractivity contribution < 1.29 is 13.9 Å². The van der Waals surface area contributed by atoms with Crippen LogP contribution in [0.1, 0.15) is 29.0 Å². The maximum Gasteiger partial charge on any atom is 0.289 e. The molecule has 2 aromatic rings. The summed E-state index contributed by atoms with van der Waals surface area (Å²) >= 11 is 0. The van der Waals surface area contributed by atoms with Gasteiger partial charge in [0.25, 0.3) is 5.91 Å². The van der Waals surface area contributed by atoms with Gasteiger partial charge in [0, 0.05) is 19.0 Å². The van der Waals surface area contributed by atoms with Gasteiger partial charge in [0.1, 0.15) is 5.75 Å². The van der Waals surface area contributed by atoms with Crippen molar-refractivity contribution in [1.29, 1.82) is 0 Å². The number of likely N-dealkylation sites (tertiary alicyclic amines) is 1. The molecule has 0 spiro atoms. The second-order valence-electron chi connectivity index (χ2n) is 5.86. The highest BCUT2D eigenvalue weighted by atomic mass is 16.5. The molecule has 1 aromatic carbocycles. The molecular formula is C18H21NO3. The summed E-state index contributed by atoms with van der Waals surface area (Å²) in [7, 11) is 0. The average Bonchev–Trinajstić information content (AvgIpc) is 3.08. The van der Waals surface area contributed by atoms with Crippen LogP contribution in [0, 0.1) is 12.8 Å². The zero-order valence-corrected chi connectivity index (χ0v) is 12.8. The predicted molar refractivity (Wildman–Crippen MR) is 84.0 cm³/mol. The number of furan rings is 1. The number of ether oxygens (including phenoxy) is 1. The van der Waals surface area contributed by atoms with Gasteiger partial charge in [-0.05, 0) is 44.0 Å².